The van der Waals surface area contributed by atoms with Gasteiger partial charge in [0.1, 0.15) is 0 Å². The van der Waals surface area contributed by atoms with Crippen molar-refractivity contribution in [1.82, 2.24) is 4.90 Å². The summed E-state index contributed by atoms with van der Waals surface area (Å²) >= 11 is 3.45. The second kappa shape index (κ2) is 7.06. The Morgan fingerprint density at radius 1 is 1.37 bits per heavy atom. The van der Waals surface area contributed by atoms with Crippen molar-refractivity contribution in [2.24, 2.45) is 5.73 Å². The van der Waals surface area contributed by atoms with Crippen molar-refractivity contribution in [3.05, 3.63) is 34.3 Å². The number of benzene rings is 1. The summed E-state index contributed by atoms with van der Waals surface area (Å²) < 4.78 is 1.10. The zero-order valence-electron chi connectivity index (χ0n) is 11.1. The number of carbonyl (C=O) groups is 1. The molecule has 2 N–H and O–H groups in total. The van der Waals surface area contributed by atoms with Gasteiger partial charge in [-0.05, 0) is 49.9 Å². The van der Waals surface area contributed by atoms with Crippen molar-refractivity contribution < 1.29 is 4.79 Å². The van der Waals surface area contributed by atoms with Gasteiger partial charge in [0.15, 0.2) is 0 Å². The van der Waals surface area contributed by atoms with Crippen molar-refractivity contribution in [1.29, 1.82) is 0 Å². The Labute approximate surface area is 123 Å². The molecular formula is C15H21BrN2O. The van der Waals surface area contributed by atoms with E-state index in [1.807, 2.05) is 0 Å². The number of halogens is 1. The fraction of sp³-hybridized carbons (Fsp3) is 0.533. The van der Waals surface area contributed by atoms with Gasteiger partial charge in [-0.1, -0.05) is 28.1 Å². The van der Waals surface area contributed by atoms with Gasteiger partial charge in [-0.2, -0.15) is 0 Å². The smallest absolute Gasteiger partial charge is 0.222 e. The Bertz CT molecular complexity index is 419. The maximum Gasteiger partial charge on any atom is 0.222 e. The number of nitrogens with two attached hydrogens (primary N) is 1. The first-order chi connectivity index (χ1) is 9.20. The molecule has 0 radical (unpaired) electrons. The van der Waals surface area contributed by atoms with Crippen molar-refractivity contribution in [3.63, 3.8) is 0 Å². The second-order valence-electron chi connectivity index (χ2n) is 5.11. The molecule has 1 aromatic carbocycles. The Morgan fingerprint density at radius 3 is 2.79 bits per heavy atom. The van der Waals surface area contributed by atoms with Gasteiger partial charge in [0, 0.05) is 23.5 Å². The Hall–Kier alpha value is -0.870. The van der Waals surface area contributed by atoms with E-state index in [1.165, 1.54) is 5.56 Å². The standard InChI is InChI=1S/C15H21BrN2O/c16-13-7-5-12(6-8-13)11-14-3-2-10-18(14)15(19)4-1-9-17/h5-8,14H,1-4,9-11,17H2. The molecule has 1 heterocycles. The number of rotatable bonds is 5. The molecule has 1 saturated heterocycles. The molecule has 1 aromatic rings. The first-order valence-electron chi connectivity index (χ1n) is 6.94. The molecule has 2 rings (SSSR count). The monoisotopic (exact) mass is 324 g/mol. The SMILES string of the molecule is NCCCC(=O)N1CCCC1Cc1ccc(Br)cc1. The van der Waals surface area contributed by atoms with E-state index >= 15 is 0 Å². The average Bonchev–Trinajstić information content (AvgIpc) is 2.87. The molecule has 104 valence electrons. The van der Waals surface area contributed by atoms with Crippen LogP contribution in [0.4, 0.5) is 0 Å². The van der Waals surface area contributed by atoms with Crippen LogP contribution in [0.3, 0.4) is 0 Å². The van der Waals surface area contributed by atoms with Crippen LogP contribution in [0.2, 0.25) is 0 Å². The zero-order chi connectivity index (χ0) is 13.7. The topological polar surface area (TPSA) is 46.3 Å². The third kappa shape index (κ3) is 4.05. The predicted octanol–water partition coefficient (Wildman–Crippen LogP) is 2.72. The quantitative estimate of drug-likeness (QED) is 0.905. The number of nitrogens with zero attached hydrogens (tertiary/aromatic N) is 1. The highest BCUT2D eigenvalue weighted by molar-refractivity contribution is 9.10. The van der Waals surface area contributed by atoms with Crippen LogP contribution in [-0.2, 0) is 11.2 Å². The highest BCUT2D eigenvalue weighted by Crippen LogP contribution is 2.23. The number of amides is 1. The summed E-state index contributed by atoms with van der Waals surface area (Å²) in [6.07, 6.45) is 4.58. The van der Waals surface area contributed by atoms with E-state index in [0.717, 1.165) is 36.7 Å². The molecule has 19 heavy (non-hydrogen) atoms. The van der Waals surface area contributed by atoms with Crippen LogP contribution < -0.4 is 5.73 Å². The van der Waals surface area contributed by atoms with Gasteiger partial charge >= 0.3 is 0 Å². The number of likely N-dealkylation sites (tertiary alicyclic amines) is 1. The summed E-state index contributed by atoms with van der Waals surface area (Å²) in [5, 5.41) is 0. The van der Waals surface area contributed by atoms with Gasteiger partial charge < -0.3 is 10.6 Å². The summed E-state index contributed by atoms with van der Waals surface area (Å²) in [4.78, 5) is 14.2. The lowest BCUT2D eigenvalue weighted by atomic mass is 10.0. The number of carbonyl (C=O) groups excluding carboxylic acids is 1. The number of hydrogen-bond acceptors (Lipinski definition) is 2. The molecular weight excluding hydrogens is 304 g/mol. The van der Waals surface area contributed by atoms with Crippen LogP contribution in [-0.4, -0.2) is 29.9 Å². The third-order valence-corrected chi connectivity index (χ3v) is 4.21. The predicted molar refractivity (Wildman–Crippen MR) is 80.9 cm³/mol. The summed E-state index contributed by atoms with van der Waals surface area (Å²) in [6, 6.07) is 8.75. The Balaban J connectivity index is 1.95. The minimum absolute atomic E-state index is 0.269. The molecule has 0 aliphatic carbocycles. The molecule has 0 bridgehead atoms. The van der Waals surface area contributed by atoms with E-state index < -0.39 is 0 Å². The summed E-state index contributed by atoms with van der Waals surface area (Å²) in [7, 11) is 0. The van der Waals surface area contributed by atoms with E-state index in [9.17, 15) is 4.79 Å². The van der Waals surface area contributed by atoms with E-state index in [0.29, 0.717) is 19.0 Å². The average molecular weight is 325 g/mol. The molecule has 0 aromatic heterocycles. The minimum Gasteiger partial charge on any atom is -0.339 e. The van der Waals surface area contributed by atoms with Gasteiger partial charge in [0.25, 0.3) is 0 Å². The molecule has 1 aliphatic heterocycles. The first-order valence-corrected chi connectivity index (χ1v) is 7.74. The van der Waals surface area contributed by atoms with Crippen LogP contribution in [0, 0.1) is 0 Å². The van der Waals surface area contributed by atoms with Crippen molar-refractivity contribution in [3.8, 4) is 0 Å². The highest BCUT2D eigenvalue weighted by atomic mass is 79.9. The minimum atomic E-state index is 0.269. The number of hydrogen-bond donors (Lipinski definition) is 1. The molecule has 0 saturated carbocycles. The maximum atomic E-state index is 12.1. The van der Waals surface area contributed by atoms with Crippen molar-refractivity contribution in [2.75, 3.05) is 13.1 Å². The summed E-state index contributed by atoms with van der Waals surface area (Å²) in [6.45, 7) is 1.50. The molecule has 1 unspecified atom stereocenters. The highest BCUT2D eigenvalue weighted by Gasteiger charge is 2.28. The fourth-order valence-electron chi connectivity index (χ4n) is 2.67. The molecule has 1 atom stereocenters. The third-order valence-electron chi connectivity index (χ3n) is 3.68. The van der Waals surface area contributed by atoms with Gasteiger partial charge in [0.05, 0.1) is 0 Å². The lowest BCUT2D eigenvalue weighted by Crippen LogP contribution is -2.36. The normalized spacial score (nSPS) is 18.8. The molecule has 4 heteroatoms. The Kier molecular flexibility index (Phi) is 5.40. The van der Waals surface area contributed by atoms with Gasteiger partial charge in [-0.15, -0.1) is 0 Å². The van der Waals surface area contributed by atoms with Crippen LogP contribution >= 0.6 is 15.9 Å². The van der Waals surface area contributed by atoms with E-state index in [2.05, 4.69) is 45.1 Å². The van der Waals surface area contributed by atoms with Gasteiger partial charge in [-0.25, -0.2) is 0 Å². The molecule has 3 nitrogen and oxygen atoms in total. The van der Waals surface area contributed by atoms with Crippen molar-refractivity contribution >= 4 is 21.8 Å². The molecule has 1 fully saturated rings. The Morgan fingerprint density at radius 2 is 2.11 bits per heavy atom. The zero-order valence-corrected chi connectivity index (χ0v) is 12.7. The van der Waals surface area contributed by atoms with Crippen LogP contribution in [0.1, 0.15) is 31.2 Å². The van der Waals surface area contributed by atoms with Gasteiger partial charge in [0.2, 0.25) is 5.91 Å². The van der Waals surface area contributed by atoms with E-state index in [1.54, 1.807) is 0 Å². The molecule has 0 spiro atoms. The van der Waals surface area contributed by atoms with Crippen LogP contribution in [0.25, 0.3) is 0 Å². The van der Waals surface area contributed by atoms with Crippen molar-refractivity contribution in [2.45, 2.75) is 38.1 Å². The maximum absolute atomic E-state index is 12.1. The van der Waals surface area contributed by atoms with E-state index in [4.69, 9.17) is 5.73 Å². The fourth-order valence-corrected chi connectivity index (χ4v) is 2.93. The molecule has 1 aliphatic rings. The van der Waals surface area contributed by atoms with Gasteiger partial charge in [-0.3, -0.25) is 4.79 Å². The lowest BCUT2D eigenvalue weighted by molar-refractivity contribution is -0.132. The first kappa shape index (κ1) is 14.5. The molecule has 1 amide bonds. The van der Waals surface area contributed by atoms with E-state index in [-0.39, 0.29) is 5.91 Å². The summed E-state index contributed by atoms with van der Waals surface area (Å²) in [5.74, 6) is 0.269. The van der Waals surface area contributed by atoms with Crippen LogP contribution in [0.15, 0.2) is 28.7 Å². The largest absolute Gasteiger partial charge is 0.339 e. The second-order valence-corrected chi connectivity index (χ2v) is 6.02. The van der Waals surface area contributed by atoms with Crippen LogP contribution in [0.5, 0.6) is 0 Å². The summed E-state index contributed by atoms with van der Waals surface area (Å²) in [5.41, 5.74) is 6.77. The lowest BCUT2D eigenvalue weighted by Gasteiger charge is -2.25.